The van der Waals surface area contributed by atoms with Crippen molar-refractivity contribution in [2.45, 2.75) is 60.2 Å². The van der Waals surface area contributed by atoms with Crippen LogP contribution in [-0.2, 0) is 20.1 Å². The van der Waals surface area contributed by atoms with Crippen molar-refractivity contribution in [3.8, 4) is 5.75 Å². The molecular formula is C21H32N4O2. The van der Waals surface area contributed by atoms with E-state index in [1.165, 1.54) is 0 Å². The zero-order valence-corrected chi connectivity index (χ0v) is 17.4. The number of benzene rings is 1. The molecule has 6 nitrogen and oxygen atoms in total. The first kappa shape index (κ1) is 20.8. The smallest absolute Gasteiger partial charge is 0.317 e. The zero-order valence-electron chi connectivity index (χ0n) is 17.4. The van der Waals surface area contributed by atoms with Crippen molar-refractivity contribution in [3.63, 3.8) is 0 Å². The van der Waals surface area contributed by atoms with Gasteiger partial charge >= 0.3 is 6.03 Å². The lowest BCUT2D eigenvalue weighted by atomic mass is 10.2. The van der Waals surface area contributed by atoms with E-state index in [0.29, 0.717) is 19.6 Å². The predicted octanol–water partition coefficient (Wildman–Crippen LogP) is 3.95. The minimum atomic E-state index is -0.0694. The van der Waals surface area contributed by atoms with Gasteiger partial charge in [-0.05, 0) is 51.8 Å². The molecule has 0 saturated carbocycles. The molecule has 1 aromatic heterocycles. The third kappa shape index (κ3) is 5.49. The van der Waals surface area contributed by atoms with E-state index in [9.17, 15) is 4.79 Å². The summed E-state index contributed by atoms with van der Waals surface area (Å²) in [7, 11) is 1.93. The Hall–Kier alpha value is -2.50. The summed E-state index contributed by atoms with van der Waals surface area (Å²) in [4.78, 5) is 14.4. The average Bonchev–Trinajstić information content (AvgIpc) is 2.90. The average molecular weight is 373 g/mol. The number of hydrogen-bond acceptors (Lipinski definition) is 3. The Morgan fingerprint density at radius 1 is 1.26 bits per heavy atom. The van der Waals surface area contributed by atoms with Crippen molar-refractivity contribution in [1.29, 1.82) is 0 Å². The summed E-state index contributed by atoms with van der Waals surface area (Å²) in [6.07, 6.45) is 1.17. The van der Waals surface area contributed by atoms with Crippen LogP contribution in [0, 0.1) is 13.8 Å². The van der Waals surface area contributed by atoms with Crippen LogP contribution in [0.3, 0.4) is 0 Å². The first-order valence-electron chi connectivity index (χ1n) is 9.63. The maximum absolute atomic E-state index is 12.6. The Morgan fingerprint density at radius 2 is 1.93 bits per heavy atom. The number of urea groups is 1. The summed E-state index contributed by atoms with van der Waals surface area (Å²) >= 11 is 0. The molecule has 1 heterocycles. The maximum Gasteiger partial charge on any atom is 0.317 e. The monoisotopic (exact) mass is 372 g/mol. The normalized spacial score (nSPS) is 11.9. The molecule has 6 heteroatoms. The zero-order chi connectivity index (χ0) is 20.0. The van der Waals surface area contributed by atoms with E-state index in [1.54, 1.807) is 4.90 Å². The molecule has 2 amide bonds. The Morgan fingerprint density at radius 3 is 2.44 bits per heavy atom. The fourth-order valence-electron chi connectivity index (χ4n) is 2.86. The minimum Gasteiger partial charge on any atom is -0.491 e. The Labute approximate surface area is 162 Å². The third-order valence-corrected chi connectivity index (χ3v) is 4.96. The fourth-order valence-corrected chi connectivity index (χ4v) is 2.86. The molecule has 1 unspecified atom stereocenters. The van der Waals surface area contributed by atoms with Gasteiger partial charge in [0.05, 0.1) is 18.3 Å². The second-order valence-electron chi connectivity index (χ2n) is 6.93. The molecule has 0 aliphatic carbocycles. The molecule has 0 bridgehead atoms. The summed E-state index contributed by atoms with van der Waals surface area (Å²) in [5.41, 5.74) is 4.22. The second-order valence-corrected chi connectivity index (χ2v) is 6.93. The van der Waals surface area contributed by atoms with Gasteiger partial charge in [0.2, 0.25) is 0 Å². The molecule has 0 aliphatic heterocycles. The molecule has 148 valence electrons. The van der Waals surface area contributed by atoms with E-state index in [4.69, 9.17) is 4.74 Å². The van der Waals surface area contributed by atoms with Gasteiger partial charge in [-0.3, -0.25) is 4.68 Å². The number of nitrogens with zero attached hydrogens (tertiary/aromatic N) is 3. The number of aryl methyl sites for hydroxylation is 2. The summed E-state index contributed by atoms with van der Waals surface area (Å²) in [6.45, 7) is 11.9. The highest BCUT2D eigenvalue weighted by Gasteiger charge is 2.17. The van der Waals surface area contributed by atoms with Gasteiger partial charge in [-0.2, -0.15) is 5.10 Å². The lowest BCUT2D eigenvalue weighted by molar-refractivity contribution is 0.197. The summed E-state index contributed by atoms with van der Waals surface area (Å²) in [5, 5.41) is 7.44. The number of amides is 2. The van der Waals surface area contributed by atoms with Crippen LogP contribution in [0.1, 0.15) is 49.7 Å². The Bertz CT molecular complexity index is 752. The standard InChI is InChI=1S/C21H32N4O2/c1-7-15(3)27-19-11-9-18(10-12-19)13-22-21(26)25(8-2)14-20-16(4)23-24(6)17(20)5/h9-12,15H,7-8,13-14H2,1-6H3,(H,22,26). The van der Waals surface area contributed by atoms with Crippen LogP contribution in [0.25, 0.3) is 0 Å². The van der Waals surface area contributed by atoms with Crippen molar-refractivity contribution >= 4 is 6.03 Å². The Balaban J connectivity index is 1.93. The van der Waals surface area contributed by atoms with E-state index in [0.717, 1.165) is 34.7 Å². The SMILES string of the molecule is CCC(C)Oc1ccc(CNC(=O)N(CC)Cc2c(C)nn(C)c2C)cc1. The van der Waals surface area contributed by atoms with Crippen molar-refractivity contribution in [2.24, 2.45) is 7.05 Å². The first-order valence-corrected chi connectivity index (χ1v) is 9.63. The van der Waals surface area contributed by atoms with Crippen molar-refractivity contribution in [3.05, 3.63) is 46.8 Å². The highest BCUT2D eigenvalue weighted by Crippen LogP contribution is 2.16. The predicted molar refractivity (Wildman–Crippen MR) is 108 cm³/mol. The second kappa shape index (κ2) is 9.44. The number of aromatic nitrogens is 2. The molecule has 1 aromatic carbocycles. The van der Waals surface area contributed by atoms with Gasteiger partial charge in [-0.1, -0.05) is 19.1 Å². The molecule has 0 spiro atoms. The highest BCUT2D eigenvalue weighted by molar-refractivity contribution is 5.74. The molecule has 0 aliphatic rings. The lowest BCUT2D eigenvalue weighted by Gasteiger charge is -2.22. The van der Waals surface area contributed by atoms with Crippen LogP contribution >= 0.6 is 0 Å². The van der Waals surface area contributed by atoms with E-state index < -0.39 is 0 Å². The number of nitrogens with one attached hydrogen (secondary N) is 1. The molecule has 0 radical (unpaired) electrons. The van der Waals surface area contributed by atoms with Crippen LogP contribution in [0.15, 0.2) is 24.3 Å². The van der Waals surface area contributed by atoms with Gasteiger partial charge in [0.15, 0.2) is 0 Å². The van der Waals surface area contributed by atoms with Crippen molar-refractivity contribution < 1.29 is 9.53 Å². The van der Waals surface area contributed by atoms with Gasteiger partial charge in [-0.15, -0.1) is 0 Å². The largest absolute Gasteiger partial charge is 0.491 e. The van der Waals surface area contributed by atoms with E-state index in [-0.39, 0.29) is 12.1 Å². The topological polar surface area (TPSA) is 59.4 Å². The van der Waals surface area contributed by atoms with Gasteiger partial charge in [0.25, 0.3) is 0 Å². The van der Waals surface area contributed by atoms with Crippen molar-refractivity contribution in [1.82, 2.24) is 20.0 Å². The first-order chi connectivity index (χ1) is 12.8. The number of carbonyl (C=O) groups is 1. The number of carbonyl (C=O) groups excluding carboxylic acids is 1. The van der Waals surface area contributed by atoms with Gasteiger partial charge in [-0.25, -0.2) is 4.79 Å². The summed E-state index contributed by atoms with van der Waals surface area (Å²) in [6, 6.07) is 7.81. The van der Waals surface area contributed by atoms with Crippen LogP contribution < -0.4 is 10.1 Å². The molecule has 1 N–H and O–H groups in total. The molecule has 27 heavy (non-hydrogen) atoms. The lowest BCUT2D eigenvalue weighted by Crippen LogP contribution is -2.39. The molecular weight excluding hydrogens is 340 g/mol. The number of rotatable bonds is 8. The van der Waals surface area contributed by atoms with Crippen LogP contribution in [0.4, 0.5) is 4.79 Å². The fraction of sp³-hybridized carbons (Fsp3) is 0.524. The quantitative estimate of drug-likeness (QED) is 0.763. The molecule has 1 atom stereocenters. The minimum absolute atomic E-state index is 0.0694. The summed E-state index contributed by atoms with van der Waals surface area (Å²) in [5.74, 6) is 0.858. The molecule has 0 fully saturated rings. The van der Waals surface area contributed by atoms with E-state index in [1.807, 2.05) is 56.8 Å². The highest BCUT2D eigenvalue weighted by atomic mass is 16.5. The van der Waals surface area contributed by atoms with E-state index >= 15 is 0 Å². The Kier molecular flexibility index (Phi) is 7.28. The van der Waals surface area contributed by atoms with Crippen LogP contribution in [0.5, 0.6) is 5.75 Å². The number of hydrogen-bond donors (Lipinski definition) is 1. The van der Waals surface area contributed by atoms with Crippen LogP contribution in [-0.4, -0.2) is 33.4 Å². The van der Waals surface area contributed by atoms with Gasteiger partial charge < -0.3 is 15.0 Å². The number of ether oxygens (including phenoxy) is 1. The maximum atomic E-state index is 12.6. The molecule has 2 aromatic rings. The van der Waals surface area contributed by atoms with Crippen molar-refractivity contribution in [2.75, 3.05) is 6.54 Å². The third-order valence-electron chi connectivity index (χ3n) is 4.96. The molecule has 0 saturated heterocycles. The molecule has 2 rings (SSSR count). The van der Waals surface area contributed by atoms with Crippen LogP contribution in [0.2, 0.25) is 0 Å². The van der Waals surface area contributed by atoms with Gasteiger partial charge in [0.1, 0.15) is 5.75 Å². The summed E-state index contributed by atoms with van der Waals surface area (Å²) < 4.78 is 7.65. The van der Waals surface area contributed by atoms with Gasteiger partial charge in [0, 0.05) is 31.4 Å². The van der Waals surface area contributed by atoms with E-state index in [2.05, 4.69) is 24.3 Å².